The number of hydrogen-bond acceptors (Lipinski definition) is 3. The third-order valence-electron chi connectivity index (χ3n) is 3.62. The minimum atomic E-state index is -0.515. The zero-order valence-electron chi connectivity index (χ0n) is 13.0. The predicted molar refractivity (Wildman–Crippen MR) is 86.0 cm³/mol. The van der Waals surface area contributed by atoms with Crippen molar-refractivity contribution in [2.24, 2.45) is 0 Å². The number of likely N-dealkylation sites (N-methyl/N-ethyl adjacent to an activating group) is 1. The second-order valence-corrected chi connectivity index (χ2v) is 7.07. The Hall–Kier alpha value is -1.26. The van der Waals surface area contributed by atoms with Crippen LogP contribution >= 0.6 is 11.6 Å². The van der Waals surface area contributed by atoms with Gasteiger partial charge in [-0.2, -0.15) is 0 Å². The van der Waals surface area contributed by atoms with Crippen molar-refractivity contribution in [1.82, 2.24) is 5.32 Å². The molecule has 0 bridgehead atoms. The molecule has 1 aromatic rings. The molecule has 1 amide bonds. The Kier molecular flexibility index (Phi) is 4.49. The normalized spacial score (nSPS) is 16.4. The summed E-state index contributed by atoms with van der Waals surface area (Å²) >= 11 is 6.09. The molecule has 0 atom stereocenters. The summed E-state index contributed by atoms with van der Waals surface area (Å²) in [4.78, 5) is 11.9. The standard InChI is InChI=1S/C16H23ClN2O2/c1-15(2,3)21-14(20)19-13-6-5-12(17)9-11(13)10-16(18-4)7-8-16/h5-6,9,18H,7-8,10H2,1-4H3,(H,19,20). The maximum Gasteiger partial charge on any atom is 0.412 e. The van der Waals surface area contributed by atoms with Crippen molar-refractivity contribution < 1.29 is 9.53 Å². The number of hydrogen-bond donors (Lipinski definition) is 2. The van der Waals surface area contributed by atoms with Crippen LogP contribution in [0.15, 0.2) is 18.2 Å². The Morgan fingerprint density at radius 3 is 2.57 bits per heavy atom. The van der Waals surface area contributed by atoms with Crippen LogP contribution in [-0.2, 0) is 11.2 Å². The molecule has 0 heterocycles. The van der Waals surface area contributed by atoms with Crippen molar-refractivity contribution in [2.75, 3.05) is 12.4 Å². The fraction of sp³-hybridized carbons (Fsp3) is 0.562. The Morgan fingerprint density at radius 1 is 1.38 bits per heavy atom. The van der Waals surface area contributed by atoms with Gasteiger partial charge in [-0.3, -0.25) is 5.32 Å². The number of carbonyl (C=O) groups is 1. The molecule has 1 saturated carbocycles. The van der Waals surface area contributed by atoms with Crippen LogP contribution in [0.25, 0.3) is 0 Å². The van der Waals surface area contributed by atoms with E-state index in [1.165, 1.54) is 0 Å². The van der Waals surface area contributed by atoms with Crippen LogP contribution in [0.5, 0.6) is 0 Å². The first-order valence-corrected chi connectivity index (χ1v) is 7.58. The number of ether oxygens (including phenoxy) is 1. The molecule has 2 N–H and O–H groups in total. The van der Waals surface area contributed by atoms with Crippen molar-refractivity contribution in [3.63, 3.8) is 0 Å². The van der Waals surface area contributed by atoms with Gasteiger partial charge in [0.05, 0.1) is 0 Å². The molecule has 116 valence electrons. The van der Waals surface area contributed by atoms with E-state index in [0.29, 0.717) is 5.02 Å². The zero-order valence-corrected chi connectivity index (χ0v) is 13.8. The van der Waals surface area contributed by atoms with Gasteiger partial charge in [0.2, 0.25) is 0 Å². The first-order chi connectivity index (χ1) is 9.73. The molecular formula is C16H23ClN2O2. The zero-order chi connectivity index (χ0) is 15.7. The maximum atomic E-state index is 11.9. The maximum absolute atomic E-state index is 11.9. The van der Waals surface area contributed by atoms with Gasteiger partial charge in [0.15, 0.2) is 0 Å². The molecule has 1 aromatic carbocycles. The highest BCUT2D eigenvalue weighted by atomic mass is 35.5. The van der Waals surface area contributed by atoms with Gasteiger partial charge < -0.3 is 10.1 Å². The minimum Gasteiger partial charge on any atom is -0.444 e. The summed E-state index contributed by atoms with van der Waals surface area (Å²) in [7, 11) is 1.97. The highest BCUT2D eigenvalue weighted by Gasteiger charge is 2.41. The summed E-state index contributed by atoms with van der Waals surface area (Å²) in [6.07, 6.45) is 2.68. The van der Waals surface area contributed by atoms with Gasteiger partial charge in [-0.25, -0.2) is 4.79 Å². The Bertz CT molecular complexity index is 534. The summed E-state index contributed by atoms with van der Waals surface area (Å²) in [5.74, 6) is 0. The summed E-state index contributed by atoms with van der Waals surface area (Å²) in [5, 5.41) is 6.85. The second kappa shape index (κ2) is 5.85. The molecule has 0 aromatic heterocycles. The fourth-order valence-corrected chi connectivity index (χ4v) is 2.47. The predicted octanol–water partition coefficient (Wildman–Crippen LogP) is 3.98. The number of anilines is 1. The fourth-order valence-electron chi connectivity index (χ4n) is 2.27. The Labute approximate surface area is 131 Å². The molecule has 1 aliphatic rings. The van der Waals surface area contributed by atoms with E-state index in [9.17, 15) is 4.79 Å². The molecule has 2 rings (SSSR count). The van der Waals surface area contributed by atoms with E-state index in [0.717, 1.165) is 30.5 Å². The summed E-state index contributed by atoms with van der Waals surface area (Å²) in [5.41, 5.74) is 1.42. The van der Waals surface area contributed by atoms with Crippen molar-refractivity contribution >= 4 is 23.4 Å². The van der Waals surface area contributed by atoms with Crippen LogP contribution in [0.2, 0.25) is 5.02 Å². The van der Waals surface area contributed by atoms with Crippen LogP contribution in [0.4, 0.5) is 10.5 Å². The lowest BCUT2D eigenvalue weighted by atomic mass is 10.0. The lowest BCUT2D eigenvalue weighted by Crippen LogP contribution is -2.31. The van der Waals surface area contributed by atoms with Crippen molar-refractivity contribution in [3.05, 3.63) is 28.8 Å². The molecule has 4 nitrogen and oxygen atoms in total. The lowest BCUT2D eigenvalue weighted by molar-refractivity contribution is 0.0635. The van der Waals surface area contributed by atoms with Crippen LogP contribution in [0.1, 0.15) is 39.2 Å². The summed E-state index contributed by atoms with van der Waals surface area (Å²) in [6.45, 7) is 5.53. The molecule has 1 fully saturated rings. The molecule has 5 heteroatoms. The molecule has 0 aliphatic heterocycles. The van der Waals surface area contributed by atoms with Crippen LogP contribution in [0, 0.1) is 0 Å². The minimum absolute atomic E-state index is 0.148. The molecule has 1 aliphatic carbocycles. The van der Waals surface area contributed by atoms with Gasteiger partial charge in [-0.05, 0) is 70.8 Å². The van der Waals surface area contributed by atoms with Crippen LogP contribution in [0.3, 0.4) is 0 Å². The van der Waals surface area contributed by atoms with Gasteiger partial charge in [0, 0.05) is 16.2 Å². The van der Waals surface area contributed by atoms with Crippen molar-refractivity contribution in [3.8, 4) is 0 Å². The molecular weight excluding hydrogens is 288 g/mol. The van der Waals surface area contributed by atoms with E-state index in [-0.39, 0.29) is 5.54 Å². The molecule has 0 spiro atoms. The van der Waals surface area contributed by atoms with Gasteiger partial charge in [0.1, 0.15) is 5.60 Å². The number of rotatable bonds is 4. The van der Waals surface area contributed by atoms with Gasteiger partial charge >= 0.3 is 6.09 Å². The third-order valence-corrected chi connectivity index (χ3v) is 3.85. The average Bonchev–Trinajstić information content (AvgIpc) is 3.11. The topological polar surface area (TPSA) is 50.4 Å². The number of amides is 1. The highest BCUT2D eigenvalue weighted by molar-refractivity contribution is 6.30. The van der Waals surface area contributed by atoms with Crippen LogP contribution in [-0.4, -0.2) is 24.3 Å². The molecule has 21 heavy (non-hydrogen) atoms. The quantitative estimate of drug-likeness (QED) is 0.884. The molecule has 0 radical (unpaired) electrons. The van der Waals surface area contributed by atoms with Gasteiger partial charge in [-0.15, -0.1) is 0 Å². The Balaban J connectivity index is 2.13. The monoisotopic (exact) mass is 310 g/mol. The van der Waals surface area contributed by atoms with E-state index in [4.69, 9.17) is 16.3 Å². The number of carbonyl (C=O) groups excluding carboxylic acids is 1. The average molecular weight is 311 g/mol. The highest BCUT2D eigenvalue weighted by Crippen LogP contribution is 2.40. The first-order valence-electron chi connectivity index (χ1n) is 7.20. The number of benzene rings is 1. The molecule has 0 saturated heterocycles. The van der Waals surface area contributed by atoms with Gasteiger partial charge in [-0.1, -0.05) is 11.6 Å². The number of halogens is 1. The largest absolute Gasteiger partial charge is 0.444 e. The molecule has 0 unspecified atom stereocenters. The van der Waals surface area contributed by atoms with Gasteiger partial charge in [0.25, 0.3) is 0 Å². The van der Waals surface area contributed by atoms with Crippen molar-refractivity contribution in [2.45, 2.75) is 51.2 Å². The van der Waals surface area contributed by atoms with E-state index >= 15 is 0 Å². The van der Waals surface area contributed by atoms with E-state index in [2.05, 4.69) is 10.6 Å². The van der Waals surface area contributed by atoms with E-state index < -0.39 is 11.7 Å². The van der Waals surface area contributed by atoms with E-state index in [1.54, 1.807) is 6.07 Å². The van der Waals surface area contributed by atoms with Crippen LogP contribution < -0.4 is 10.6 Å². The lowest BCUT2D eigenvalue weighted by Gasteiger charge is -2.21. The smallest absolute Gasteiger partial charge is 0.412 e. The van der Waals surface area contributed by atoms with E-state index in [1.807, 2.05) is 40.0 Å². The summed E-state index contributed by atoms with van der Waals surface area (Å²) in [6, 6.07) is 5.51. The number of nitrogens with one attached hydrogen (secondary N) is 2. The van der Waals surface area contributed by atoms with Crippen molar-refractivity contribution in [1.29, 1.82) is 0 Å². The Morgan fingerprint density at radius 2 is 2.05 bits per heavy atom. The third kappa shape index (κ3) is 4.61. The SMILES string of the molecule is CNC1(Cc2cc(Cl)ccc2NC(=O)OC(C)(C)C)CC1. The first kappa shape index (κ1) is 16.1. The second-order valence-electron chi connectivity index (χ2n) is 6.64. The summed E-state index contributed by atoms with van der Waals surface area (Å²) < 4.78 is 5.30.